The maximum atomic E-state index is 11.2. The summed E-state index contributed by atoms with van der Waals surface area (Å²) in [7, 11) is -2.43. The van der Waals surface area contributed by atoms with E-state index < -0.39 is 10.1 Å². The second-order valence-corrected chi connectivity index (χ2v) is 6.98. The molecule has 3 aromatic rings. The fourth-order valence-corrected chi connectivity index (χ4v) is 3.00. The molecule has 130 valence electrons. The highest BCUT2D eigenvalue weighted by molar-refractivity contribution is 7.85. The van der Waals surface area contributed by atoms with Gasteiger partial charge in [-0.1, -0.05) is 0 Å². The van der Waals surface area contributed by atoms with Crippen LogP contribution < -0.4 is 11.1 Å². The highest BCUT2D eigenvalue weighted by Crippen LogP contribution is 2.20. The molecule has 0 aliphatic carbocycles. The Morgan fingerprint density at radius 1 is 1.28 bits per heavy atom. The minimum atomic E-state index is -4.26. The molecule has 0 fully saturated rings. The molecule has 3 rings (SSSR count). The van der Waals surface area contributed by atoms with Gasteiger partial charge >= 0.3 is 0 Å². The number of hydrogen-bond acceptors (Lipinski definition) is 5. The van der Waals surface area contributed by atoms with Gasteiger partial charge in [-0.3, -0.25) is 9.96 Å². The predicted octanol–water partition coefficient (Wildman–Crippen LogP) is 1.72. The van der Waals surface area contributed by atoms with E-state index in [0.29, 0.717) is 23.4 Å². The number of imidazole rings is 1. The summed E-state index contributed by atoms with van der Waals surface area (Å²) in [5.41, 5.74) is 8.16. The highest BCUT2D eigenvalue weighted by atomic mass is 32.2. The van der Waals surface area contributed by atoms with Gasteiger partial charge in [-0.05, 0) is 42.5 Å². The van der Waals surface area contributed by atoms with Crippen LogP contribution in [0.1, 0.15) is 11.4 Å². The van der Waals surface area contributed by atoms with Crippen LogP contribution in [0.3, 0.4) is 0 Å². The molecule has 0 aliphatic rings. The Hall–Kier alpha value is -2.91. The van der Waals surface area contributed by atoms with E-state index in [2.05, 4.69) is 10.3 Å². The lowest BCUT2D eigenvalue weighted by atomic mass is 10.2. The fraction of sp³-hybridized carbons (Fsp3) is 0.125. The summed E-state index contributed by atoms with van der Waals surface area (Å²) in [4.78, 5) is 4.24. The van der Waals surface area contributed by atoms with E-state index in [-0.39, 0.29) is 10.7 Å². The molecular weight excluding hydrogens is 342 g/mol. The van der Waals surface area contributed by atoms with Crippen molar-refractivity contribution in [3.05, 3.63) is 53.9 Å². The molecule has 25 heavy (non-hydrogen) atoms. The molecule has 0 bridgehead atoms. The third kappa shape index (κ3) is 3.47. The molecule has 0 saturated carbocycles. The number of fused-ring (bicyclic) bond motifs is 1. The second kappa shape index (κ2) is 6.19. The zero-order valence-electron chi connectivity index (χ0n) is 13.4. The third-order valence-corrected chi connectivity index (χ3v) is 4.74. The zero-order chi connectivity index (χ0) is 18.2. The normalized spacial score (nSPS) is 11.6. The van der Waals surface area contributed by atoms with Crippen LogP contribution in [0.5, 0.6) is 0 Å². The third-order valence-electron chi connectivity index (χ3n) is 3.89. The van der Waals surface area contributed by atoms with Gasteiger partial charge in [-0.2, -0.15) is 8.42 Å². The first-order valence-corrected chi connectivity index (χ1v) is 8.81. The van der Waals surface area contributed by atoms with Crippen molar-refractivity contribution < 1.29 is 13.0 Å². The average molecular weight is 359 g/mol. The minimum Gasteiger partial charge on any atom is -0.384 e. The lowest BCUT2D eigenvalue weighted by Gasteiger charge is -2.07. The average Bonchev–Trinajstić information content (AvgIpc) is 2.88. The molecule has 0 atom stereocenters. The molecule has 0 aliphatic heterocycles. The van der Waals surface area contributed by atoms with E-state index >= 15 is 0 Å². The fourth-order valence-electron chi connectivity index (χ4n) is 2.50. The lowest BCUT2D eigenvalue weighted by Crippen LogP contribution is -2.11. The summed E-state index contributed by atoms with van der Waals surface area (Å²) >= 11 is 0. The van der Waals surface area contributed by atoms with E-state index in [0.717, 1.165) is 11.2 Å². The molecule has 1 heterocycles. The van der Waals surface area contributed by atoms with Crippen LogP contribution in [-0.4, -0.2) is 28.4 Å². The summed E-state index contributed by atoms with van der Waals surface area (Å²) < 4.78 is 33.5. The Bertz CT molecular complexity index is 1060. The summed E-state index contributed by atoms with van der Waals surface area (Å²) in [5.74, 6) is 0.717. The van der Waals surface area contributed by atoms with E-state index in [4.69, 9.17) is 15.7 Å². The van der Waals surface area contributed by atoms with Crippen molar-refractivity contribution in [2.45, 2.75) is 11.4 Å². The SMILES string of the molecule is Cn1c(CNc2ccc(C(=N)N)cc2)nc2cc(S(=O)(=O)O)ccc21. The first-order valence-electron chi connectivity index (χ1n) is 7.37. The Kier molecular flexibility index (Phi) is 4.19. The number of rotatable bonds is 5. The predicted molar refractivity (Wildman–Crippen MR) is 95.3 cm³/mol. The van der Waals surface area contributed by atoms with Gasteiger partial charge in [0.25, 0.3) is 10.1 Å². The van der Waals surface area contributed by atoms with Gasteiger partial charge in [0, 0.05) is 18.3 Å². The molecule has 1 aromatic heterocycles. The molecule has 0 saturated heterocycles. The van der Waals surface area contributed by atoms with Crippen LogP contribution in [0, 0.1) is 5.41 Å². The molecule has 8 nitrogen and oxygen atoms in total. The zero-order valence-corrected chi connectivity index (χ0v) is 14.2. The topological polar surface area (TPSA) is 134 Å². The van der Waals surface area contributed by atoms with Crippen molar-refractivity contribution >= 4 is 32.7 Å². The molecule has 9 heteroatoms. The Labute approximate surface area is 144 Å². The summed E-state index contributed by atoms with van der Waals surface area (Å²) in [6.45, 7) is 0.422. The maximum absolute atomic E-state index is 11.2. The van der Waals surface area contributed by atoms with E-state index in [9.17, 15) is 8.42 Å². The minimum absolute atomic E-state index is 0.0107. The van der Waals surface area contributed by atoms with Crippen molar-refractivity contribution in [1.82, 2.24) is 9.55 Å². The van der Waals surface area contributed by atoms with E-state index in [1.807, 2.05) is 23.7 Å². The van der Waals surface area contributed by atoms with Gasteiger partial charge in [0.05, 0.1) is 22.5 Å². The standard InChI is InChI=1S/C16H17N5O3S/c1-21-14-7-6-12(25(22,23)24)8-13(14)20-15(21)9-19-11-4-2-10(3-5-11)16(17)18/h2-8,19H,9H2,1H3,(H3,17,18)(H,22,23,24). The number of anilines is 1. The molecule has 0 amide bonds. The van der Waals surface area contributed by atoms with Crippen LogP contribution in [0.25, 0.3) is 11.0 Å². The van der Waals surface area contributed by atoms with Crippen molar-refractivity contribution in [2.75, 3.05) is 5.32 Å². The number of nitrogens with zero attached hydrogens (tertiary/aromatic N) is 2. The molecule has 2 aromatic carbocycles. The number of hydrogen-bond donors (Lipinski definition) is 4. The molecule has 0 unspecified atom stereocenters. The van der Waals surface area contributed by atoms with Gasteiger partial charge in [0.1, 0.15) is 11.7 Å². The van der Waals surface area contributed by atoms with E-state index in [1.165, 1.54) is 12.1 Å². The van der Waals surface area contributed by atoms with Crippen LogP contribution in [0.2, 0.25) is 0 Å². The molecule has 0 spiro atoms. The first-order chi connectivity index (χ1) is 11.8. The number of amidine groups is 1. The highest BCUT2D eigenvalue weighted by Gasteiger charge is 2.14. The Balaban J connectivity index is 1.84. The number of aryl methyl sites for hydroxylation is 1. The number of benzene rings is 2. The number of nitrogens with two attached hydrogens (primary N) is 1. The smallest absolute Gasteiger partial charge is 0.294 e. The number of nitrogen functional groups attached to an aromatic ring is 1. The van der Waals surface area contributed by atoms with Crippen LogP contribution in [0.15, 0.2) is 47.4 Å². The summed E-state index contributed by atoms with van der Waals surface area (Å²) in [5, 5.41) is 10.6. The van der Waals surface area contributed by atoms with Crippen molar-refractivity contribution in [2.24, 2.45) is 12.8 Å². The van der Waals surface area contributed by atoms with Crippen molar-refractivity contribution in [1.29, 1.82) is 5.41 Å². The van der Waals surface area contributed by atoms with Crippen LogP contribution in [0.4, 0.5) is 5.69 Å². The van der Waals surface area contributed by atoms with Gasteiger partial charge in [0.2, 0.25) is 0 Å². The second-order valence-electron chi connectivity index (χ2n) is 5.56. The van der Waals surface area contributed by atoms with Crippen LogP contribution in [-0.2, 0) is 23.7 Å². The monoisotopic (exact) mass is 359 g/mol. The van der Waals surface area contributed by atoms with Gasteiger partial charge < -0.3 is 15.6 Å². The lowest BCUT2D eigenvalue weighted by molar-refractivity contribution is 0.483. The summed E-state index contributed by atoms with van der Waals surface area (Å²) in [6.07, 6.45) is 0. The molecule has 5 N–H and O–H groups in total. The Morgan fingerprint density at radius 2 is 1.96 bits per heavy atom. The number of nitrogens with one attached hydrogen (secondary N) is 2. The molecular formula is C16H17N5O3S. The number of aromatic nitrogens is 2. The Morgan fingerprint density at radius 3 is 2.56 bits per heavy atom. The van der Waals surface area contributed by atoms with Crippen molar-refractivity contribution in [3.8, 4) is 0 Å². The van der Waals surface area contributed by atoms with Crippen LogP contribution >= 0.6 is 0 Å². The quantitative estimate of drug-likeness (QED) is 0.311. The molecule has 0 radical (unpaired) electrons. The van der Waals surface area contributed by atoms with Gasteiger partial charge in [-0.15, -0.1) is 0 Å². The van der Waals surface area contributed by atoms with Gasteiger partial charge in [0.15, 0.2) is 0 Å². The van der Waals surface area contributed by atoms with E-state index in [1.54, 1.807) is 18.2 Å². The summed E-state index contributed by atoms with van der Waals surface area (Å²) in [6, 6.07) is 11.4. The van der Waals surface area contributed by atoms with Gasteiger partial charge in [-0.25, -0.2) is 4.98 Å². The largest absolute Gasteiger partial charge is 0.384 e. The first kappa shape index (κ1) is 16.9. The van der Waals surface area contributed by atoms with Crippen molar-refractivity contribution in [3.63, 3.8) is 0 Å². The maximum Gasteiger partial charge on any atom is 0.294 e.